The van der Waals surface area contributed by atoms with Crippen LogP contribution in [0.3, 0.4) is 0 Å². The zero-order valence-corrected chi connectivity index (χ0v) is 27.4. The minimum atomic E-state index is -3.91. The molecule has 0 saturated heterocycles. The van der Waals surface area contributed by atoms with Crippen LogP contribution in [0.4, 0.5) is 5.69 Å². The molecule has 0 radical (unpaired) electrons. The first-order valence-electron chi connectivity index (χ1n) is 14.5. The number of carbonyl (C=O) groups excluding carboxylic acids is 1. The first kappa shape index (κ1) is 31.8. The van der Waals surface area contributed by atoms with Crippen molar-refractivity contribution in [3.8, 4) is 5.69 Å². The number of halogens is 1. The van der Waals surface area contributed by atoms with Crippen molar-refractivity contribution in [1.29, 1.82) is 0 Å². The van der Waals surface area contributed by atoms with Gasteiger partial charge in [-0.25, -0.2) is 13.8 Å². The third kappa shape index (κ3) is 7.03. The highest BCUT2D eigenvalue weighted by atomic mass is 35.5. The molecule has 0 fully saturated rings. The molecule has 1 aromatic heterocycles. The van der Waals surface area contributed by atoms with Crippen LogP contribution in [-0.2, 0) is 16.6 Å². The summed E-state index contributed by atoms with van der Waals surface area (Å²) in [5.74, 6) is -0.375. The van der Waals surface area contributed by atoms with E-state index in [0.717, 1.165) is 28.2 Å². The van der Waals surface area contributed by atoms with Gasteiger partial charge in [-0.15, -0.1) is 0 Å². The molecule has 4 aromatic carbocycles. The van der Waals surface area contributed by atoms with E-state index in [1.54, 1.807) is 79.0 Å². The van der Waals surface area contributed by atoms with Crippen LogP contribution >= 0.6 is 11.6 Å². The van der Waals surface area contributed by atoms with Crippen molar-refractivity contribution in [1.82, 2.24) is 9.99 Å². The van der Waals surface area contributed by atoms with Crippen molar-refractivity contribution >= 4 is 39.4 Å². The zero-order valence-electron chi connectivity index (χ0n) is 25.9. The smallest absolute Gasteiger partial charge is 0.271 e. The van der Waals surface area contributed by atoms with Crippen LogP contribution in [0.2, 0.25) is 5.02 Å². The van der Waals surface area contributed by atoms with Crippen LogP contribution < -0.4 is 9.73 Å². The van der Waals surface area contributed by atoms with Crippen LogP contribution in [0.1, 0.15) is 49.6 Å². The maximum absolute atomic E-state index is 13.8. The lowest BCUT2D eigenvalue weighted by molar-refractivity contribution is 0.0955. The number of nitrogens with zero attached hydrogens (tertiary/aromatic N) is 3. The Kier molecular flexibility index (Phi) is 9.27. The molecule has 0 spiro atoms. The van der Waals surface area contributed by atoms with Crippen molar-refractivity contribution in [2.75, 3.05) is 4.31 Å². The summed E-state index contributed by atoms with van der Waals surface area (Å²) in [5.41, 5.74) is 11.4. The molecule has 0 unspecified atom stereocenters. The fraction of sp³-hybridized carbons (Fsp3) is 0.167. The number of nitrogens with one attached hydrogen (secondary N) is 1. The fourth-order valence-electron chi connectivity index (χ4n) is 5.42. The van der Waals surface area contributed by atoms with Crippen molar-refractivity contribution < 1.29 is 13.2 Å². The molecule has 5 aromatic rings. The number of aromatic nitrogens is 1. The Morgan fingerprint density at radius 2 is 1.53 bits per heavy atom. The molecule has 0 aliphatic carbocycles. The Morgan fingerprint density at radius 1 is 0.867 bits per heavy atom. The molecular weight excluding hydrogens is 604 g/mol. The first-order valence-corrected chi connectivity index (χ1v) is 16.3. The Bertz CT molecular complexity index is 1980. The third-order valence-corrected chi connectivity index (χ3v) is 9.63. The summed E-state index contributed by atoms with van der Waals surface area (Å²) in [7, 11) is -3.91. The van der Waals surface area contributed by atoms with Gasteiger partial charge in [0.2, 0.25) is 0 Å². The number of hydrazone groups is 1. The van der Waals surface area contributed by atoms with Gasteiger partial charge in [-0.2, -0.15) is 5.10 Å². The standard InChI is InChI=1S/C36H35ClN4O3S/c1-24-17-25(2)19-33(18-24)41-27(4)20-31(28(41)5)22-38-39-36(42)30-14-12-29(13-15-30)23-40(35-21-32(37)16-11-26(35)3)45(43,44)34-9-7-6-8-10-34/h6-22H,23H2,1-5H3,(H,39,42)/b38-22-. The monoisotopic (exact) mass is 638 g/mol. The van der Waals surface area contributed by atoms with Crippen molar-refractivity contribution in [3.05, 3.63) is 147 Å². The Hall–Kier alpha value is -4.66. The molecule has 1 amide bonds. The highest BCUT2D eigenvalue weighted by Crippen LogP contribution is 2.31. The van der Waals surface area contributed by atoms with Crippen LogP contribution in [0, 0.1) is 34.6 Å². The molecule has 0 saturated carbocycles. The maximum atomic E-state index is 13.8. The lowest BCUT2D eigenvalue weighted by Crippen LogP contribution is -2.31. The van der Waals surface area contributed by atoms with Gasteiger partial charge in [-0.3, -0.25) is 9.10 Å². The topological polar surface area (TPSA) is 83.8 Å². The van der Waals surface area contributed by atoms with Crippen LogP contribution in [0.5, 0.6) is 0 Å². The van der Waals surface area contributed by atoms with Gasteiger partial charge < -0.3 is 4.57 Å². The average molecular weight is 639 g/mol. The SMILES string of the molecule is Cc1cc(C)cc(-n2c(C)cc(/C=N\NC(=O)c3ccc(CN(c4cc(Cl)ccc4C)S(=O)(=O)c4ccccc4)cc3)c2C)c1. The second kappa shape index (κ2) is 13.1. The minimum absolute atomic E-state index is 0.0501. The van der Waals surface area contributed by atoms with E-state index >= 15 is 0 Å². The molecule has 0 bridgehead atoms. The summed E-state index contributed by atoms with van der Waals surface area (Å²) in [6, 6.07) is 28.7. The predicted molar refractivity (Wildman–Crippen MR) is 182 cm³/mol. The summed E-state index contributed by atoms with van der Waals surface area (Å²) in [5, 5.41) is 4.65. The van der Waals surface area contributed by atoms with E-state index in [2.05, 4.69) is 47.1 Å². The molecule has 45 heavy (non-hydrogen) atoms. The van der Waals surface area contributed by atoms with Crippen molar-refractivity contribution in [2.24, 2.45) is 5.10 Å². The second-order valence-electron chi connectivity index (χ2n) is 11.2. The van der Waals surface area contributed by atoms with Gasteiger partial charge in [0.15, 0.2) is 0 Å². The van der Waals surface area contributed by atoms with E-state index in [1.807, 2.05) is 26.8 Å². The molecule has 1 N–H and O–H groups in total. The number of sulfonamides is 1. The van der Waals surface area contributed by atoms with E-state index in [9.17, 15) is 13.2 Å². The van der Waals surface area contributed by atoms with Crippen molar-refractivity contribution in [2.45, 2.75) is 46.1 Å². The normalized spacial score (nSPS) is 11.6. The van der Waals surface area contributed by atoms with Crippen molar-refractivity contribution in [3.63, 3.8) is 0 Å². The lowest BCUT2D eigenvalue weighted by atomic mass is 10.1. The van der Waals surface area contributed by atoms with Crippen LogP contribution in [0.25, 0.3) is 5.69 Å². The zero-order chi connectivity index (χ0) is 32.3. The predicted octanol–water partition coefficient (Wildman–Crippen LogP) is 7.83. The van der Waals surface area contributed by atoms with E-state index < -0.39 is 10.0 Å². The number of hydrogen-bond donors (Lipinski definition) is 1. The molecule has 1 heterocycles. The number of carbonyl (C=O) groups is 1. The van der Waals surface area contributed by atoms with Gasteiger partial charge in [0.25, 0.3) is 15.9 Å². The lowest BCUT2D eigenvalue weighted by Gasteiger charge is -2.26. The minimum Gasteiger partial charge on any atom is -0.318 e. The molecular formula is C36H35ClN4O3S. The van der Waals surface area contributed by atoms with E-state index in [-0.39, 0.29) is 17.3 Å². The Morgan fingerprint density at radius 3 is 2.20 bits per heavy atom. The van der Waals surface area contributed by atoms with E-state index in [0.29, 0.717) is 21.8 Å². The van der Waals surface area contributed by atoms with E-state index in [1.165, 1.54) is 15.4 Å². The van der Waals surface area contributed by atoms with Gasteiger partial charge in [-0.1, -0.05) is 54.1 Å². The second-order valence-corrected chi connectivity index (χ2v) is 13.5. The van der Waals surface area contributed by atoms with Gasteiger partial charge in [0.05, 0.1) is 23.3 Å². The number of aryl methyl sites for hydroxylation is 4. The summed E-state index contributed by atoms with van der Waals surface area (Å²) in [4.78, 5) is 13.1. The molecule has 0 aliphatic rings. The number of rotatable bonds is 9. The highest BCUT2D eigenvalue weighted by Gasteiger charge is 2.26. The molecule has 5 rings (SSSR count). The summed E-state index contributed by atoms with van der Waals surface area (Å²) in [6.07, 6.45) is 1.65. The number of amides is 1. The Balaban J connectivity index is 1.33. The fourth-order valence-corrected chi connectivity index (χ4v) is 7.11. The largest absolute Gasteiger partial charge is 0.318 e. The average Bonchev–Trinajstić information content (AvgIpc) is 3.29. The molecule has 0 aliphatic heterocycles. The maximum Gasteiger partial charge on any atom is 0.271 e. The summed E-state index contributed by atoms with van der Waals surface area (Å²) in [6.45, 7) is 10.1. The number of benzene rings is 4. The highest BCUT2D eigenvalue weighted by molar-refractivity contribution is 7.92. The van der Waals surface area contributed by atoms with E-state index in [4.69, 9.17) is 11.6 Å². The first-order chi connectivity index (χ1) is 21.4. The van der Waals surface area contributed by atoms with Gasteiger partial charge in [0, 0.05) is 33.2 Å². The van der Waals surface area contributed by atoms with Crippen LogP contribution in [-0.4, -0.2) is 25.1 Å². The van der Waals surface area contributed by atoms with Gasteiger partial charge >= 0.3 is 0 Å². The quantitative estimate of drug-likeness (QED) is 0.132. The summed E-state index contributed by atoms with van der Waals surface area (Å²) < 4.78 is 31.1. The summed E-state index contributed by atoms with van der Waals surface area (Å²) >= 11 is 6.27. The number of hydrogen-bond acceptors (Lipinski definition) is 4. The van der Waals surface area contributed by atoms with Gasteiger partial charge in [0.1, 0.15) is 0 Å². The Labute approximate surface area is 269 Å². The van der Waals surface area contributed by atoms with Crippen LogP contribution in [0.15, 0.2) is 107 Å². The molecule has 9 heteroatoms. The molecule has 0 atom stereocenters. The third-order valence-electron chi connectivity index (χ3n) is 7.62. The molecule has 230 valence electrons. The number of anilines is 1. The molecule has 7 nitrogen and oxygen atoms in total. The van der Waals surface area contributed by atoms with Gasteiger partial charge in [-0.05, 0) is 111 Å².